The van der Waals surface area contributed by atoms with Crippen LogP contribution < -0.4 is 0 Å². The summed E-state index contributed by atoms with van der Waals surface area (Å²) in [7, 11) is 0. The van der Waals surface area contributed by atoms with Crippen LogP contribution in [0.5, 0.6) is 0 Å². The number of carboxylic acid groups (broad SMARTS) is 1. The number of imide groups is 1. The molecular formula is C15H19NO7. The van der Waals surface area contributed by atoms with Crippen LogP contribution in [0.3, 0.4) is 0 Å². The van der Waals surface area contributed by atoms with Crippen LogP contribution in [0.25, 0.3) is 0 Å². The van der Waals surface area contributed by atoms with E-state index in [1.807, 2.05) is 0 Å². The Hall–Kier alpha value is -2.38. The van der Waals surface area contributed by atoms with Gasteiger partial charge in [-0.15, -0.1) is 0 Å². The van der Waals surface area contributed by atoms with Crippen LogP contribution in [0.2, 0.25) is 0 Å². The zero-order chi connectivity index (χ0) is 17.0. The van der Waals surface area contributed by atoms with Crippen molar-refractivity contribution in [2.75, 3.05) is 0 Å². The van der Waals surface area contributed by atoms with E-state index in [-0.39, 0.29) is 12.8 Å². The van der Waals surface area contributed by atoms with Gasteiger partial charge in [0, 0.05) is 12.8 Å². The number of hydroxylamine groups is 2. The predicted octanol–water partition coefficient (Wildman–Crippen LogP) is 1.79. The number of allylic oxidation sites excluding steroid dienone is 1. The summed E-state index contributed by atoms with van der Waals surface area (Å²) in [5, 5.41) is 9.71. The molecule has 0 saturated carbocycles. The fourth-order valence-corrected chi connectivity index (χ4v) is 2.52. The molecule has 2 amide bonds. The average molecular weight is 325 g/mol. The predicted molar refractivity (Wildman–Crippen MR) is 75.8 cm³/mol. The minimum absolute atomic E-state index is 0.00636. The number of aliphatic carboxylic acids is 1. The maximum absolute atomic E-state index is 11.7. The Bertz CT molecular complexity index is 540. The summed E-state index contributed by atoms with van der Waals surface area (Å²) in [5.74, 6) is -2.06. The first kappa shape index (κ1) is 17.0. The van der Waals surface area contributed by atoms with Crippen LogP contribution >= 0.6 is 0 Å². The Morgan fingerprint density at radius 3 is 2.52 bits per heavy atom. The van der Waals surface area contributed by atoms with Crippen molar-refractivity contribution >= 4 is 23.9 Å². The van der Waals surface area contributed by atoms with Gasteiger partial charge in [-0.25, -0.2) is 4.79 Å². The number of amides is 2. The van der Waals surface area contributed by atoms with Gasteiger partial charge in [-0.05, 0) is 38.7 Å². The van der Waals surface area contributed by atoms with Gasteiger partial charge in [0.2, 0.25) is 0 Å². The molecule has 0 spiro atoms. The maximum atomic E-state index is 11.7. The van der Waals surface area contributed by atoms with Gasteiger partial charge < -0.3 is 9.84 Å². The van der Waals surface area contributed by atoms with Gasteiger partial charge in [0.1, 0.15) is 6.10 Å². The number of carbonyl (C=O) groups is 4. The number of carbonyl (C=O) groups excluding carboxylic acids is 3. The molecule has 1 aliphatic heterocycles. The lowest BCUT2D eigenvalue weighted by atomic mass is 9.79. The van der Waals surface area contributed by atoms with Crippen LogP contribution in [0.1, 0.15) is 45.4 Å². The van der Waals surface area contributed by atoms with Gasteiger partial charge in [-0.1, -0.05) is 11.1 Å². The summed E-state index contributed by atoms with van der Waals surface area (Å²) in [5.41, 5.74) is -0.878. The molecule has 0 aromatic heterocycles. The van der Waals surface area contributed by atoms with E-state index in [0.29, 0.717) is 30.7 Å². The first-order valence-electron chi connectivity index (χ1n) is 7.46. The summed E-state index contributed by atoms with van der Waals surface area (Å²) >= 11 is 0. The Morgan fingerprint density at radius 2 is 1.91 bits per heavy atom. The Kier molecular flexibility index (Phi) is 5.02. The second kappa shape index (κ2) is 6.80. The van der Waals surface area contributed by atoms with Gasteiger partial charge in [-0.2, -0.15) is 0 Å². The third kappa shape index (κ3) is 4.08. The van der Waals surface area contributed by atoms with Crippen LogP contribution in [-0.2, 0) is 24.0 Å². The lowest BCUT2D eigenvalue weighted by Gasteiger charge is -2.27. The number of ether oxygens (including phenoxy) is 1. The minimum Gasteiger partial charge on any atom is -0.481 e. The van der Waals surface area contributed by atoms with Gasteiger partial charge in [-0.3, -0.25) is 19.2 Å². The quantitative estimate of drug-likeness (QED) is 0.478. The van der Waals surface area contributed by atoms with Crippen molar-refractivity contribution in [1.29, 1.82) is 0 Å². The van der Waals surface area contributed by atoms with E-state index in [1.54, 1.807) is 19.1 Å². The Balaban J connectivity index is 1.92. The summed E-state index contributed by atoms with van der Waals surface area (Å²) in [6.45, 7) is 1.66. The van der Waals surface area contributed by atoms with E-state index < -0.39 is 35.5 Å². The molecule has 1 heterocycles. The molecule has 2 atom stereocenters. The molecule has 1 aliphatic carbocycles. The highest BCUT2D eigenvalue weighted by Gasteiger charge is 2.36. The van der Waals surface area contributed by atoms with Crippen molar-refractivity contribution in [2.45, 2.75) is 51.6 Å². The van der Waals surface area contributed by atoms with E-state index >= 15 is 0 Å². The van der Waals surface area contributed by atoms with Crippen molar-refractivity contribution in [1.82, 2.24) is 5.06 Å². The largest absolute Gasteiger partial charge is 0.534 e. The monoisotopic (exact) mass is 325 g/mol. The van der Waals surface area contributed by atoms with E-state index in [2.05, 4.69) is 4.84 Å². The lowest BCUT2D eigenvalue weighted by molar-refractivity contribution is -0.178. The molecule has 1 N–H and O–H groups in total. The van der Waals surface area contributed by atoms with E-state index in [0.717, 1.165) is 0 Å². The molecule has 2 rings (SSSR count). The summed E-state index contributed by atoms with van der Waals surface area (Å²) in [6, 6.07) is 0. The zero-order valence-electron chi connectivity index (χ0n) is 12.8. The van der Waals surface area contributed by atoms with Crippen LogP contribution in [0, 0.1) is 5.41 Å². The Labute approximate surface area is 133 Å². The molecule has 0 aromatic carbocycles. The molecule has 23 heavy (non-hydrogen) atoms. The number of hydrogen-bond donors (Lipinski definition) is 1. The molecule has 0 bridgehead atoms. The summed E-state index contributed by atoms with van der Waals surface area (Å²) in [4.78, 5) is 50.4. The van der Waals surface area contributed by atoms with E-state index in [4.69, 9.17) is 4.74 Å². The zero-order valence-corrected chi connectivity index (χ0v) is 12.8. The second-order valence-corrected chi connectivity index (χ2v) is 5.95. The summed E-state index contributed by atoms with van der Waals surface area (Å²) in [6.07, 6.45) is 3.34. The van der Waals surface area contributed by atoms with Crippen molar-refractivity contribution in [3.8, 4) is 0 Å². The highest BCUT2D eigenvalue weighted by molar-refractivity contribution is 6.01. The topological polar surface area (TPSA) is 110 Å². The van der Waals surface area contributed by atoms with Gasteiger partial charge in [0.25, 0.3) is 11.8 Å². The van der Waals surface area contributed by atoms with Gasteiger partial charge >= 0.3 is 12.1 Å². The molecule has 8 nitrogen and oxygen atoms in total. The van der Waals surface area contributed by atoms with Crippen LogP contribution in [0.15, 0.2) is 12.2 Å². The van der Waals surface area contributed by atoms with Crippen LogP contribution in [-0.4, -0.2) is 40.2 Å². The normalized spacial score (nSPS) is 29.6. The summed E-state index contributed by atoms with van der Waals surface area (Å²) < 4.78 is 5.07. The second-order valence-electron chi connectivity index (χ2n) is 5.95. The molecule has 1 fully saturated rings. The first-order chi connectivity index (χ1) is 10.8. The number of hydrogen-bond acceptors (Lipinski definition) is 6. The number of rotatable bonds is 3. The molecule has 8 heteroatoms. The smallest absolute Gasteiger partial charge is 0.481 e. The fraction of sp³-hybridized carbons (Fsp3) is 0.600. The molecule has 1 unspecified atom stereocenters. The first-order valence-corrected chi connectivity index (χ1v) is 7.46. The highest BCUT2D eigenvalue weighted by atomic mass is 16.8. The number of nitrogens with zero attached hydrogens (tertiary/aromatic N) is 1. The third-order valence-electron chi connectivity index (χ3n) is 4.13. The van der Waals surface area contributed by atoms with E-state index in [1.165, 1.54) is 0 Å². The Morgan fingerprint density at radius 1 is 1.26 bits per heavy atom. The molecule has 0 radical (unpaired) electrons. The molecule has 126 valence electrons. The van der Waals surface area contributed by atoms with Crippen molar-refractivity contribution in [2.24, 2.45) is 5.41 Å². The molecule has 2 aliphatic rings. The van der Waals surface area contributed by atoms with Crippen molar-refractivity contribution in [3.63, 3.8) is 0 Å². The standard InChI is InChI=1S/C15H19NO7/c1-15(13(19)20)8-3-2-4-10(7-9-15)22-14(21)23-16-11(17)5-6-12(16)18/h2,4,10H,3,5-9H2,1H3,(H,19,20)/b4-2+/t10?,15-/m1/s1. The highest BCUT2D eigenvalue weighted by Crippen LogP contribution is 2.32. The lowest BCUT2D eigenvalue weighted by Crippen LogP contribution is -2.34. The third-order valence-corrected chi connectivity index (χ3v) is 4.13. The van der Waals surface area contributed by atoms with Crippen LogP contribution in [0.4, 0.5) is 4.79 Å². The maximum Gasteiger partial charge on any atom is 0.534 e. The van der Waals surface area contributed by atoms with Crippen molar-refractivity contribution in [3.05, 3.63) is 12.2 Å². The molecule has 0 aromatic rings. The average Bonchev–Trinajstić information content (AvgIpc) is 2.78. The van der Waals surface area contributed by atoms with Crippen molar-refractivity contribution < 1.29 is 33.9 Å². The fourth-order valence-electron chi connectivity index (χ4n) is 2.52. The molecule has 1 saturated heterocycles. The SMILES string of the molecule is C[C@@]1(C(=O)O)CC/C=C/C(OC(=O)ON2C(=O)CCC2=O)CC1. The number of carboxylic acids is 1. The van der Waals surface area contributed by atoms with E-state index in [9.17, 15) is 24.3 Å². The minimum atomic E-state index is -1.15. The molecular weight excluding hydrogens is 306 g/mol. The van der Waals surface area contributed by atoms with Gasteiger partial charge in [0.15, 0.2) is 0 Å². The van der Waals surface area contributed by atoms with Gasteiger partial charge in [0.05, 0.1) is 5.41 Å².